The van der Waals surface area contributed by atoms with E-state index in [-0.39, 0.29) is 29.5 Å². The molecule has 0 bridgehead atoms. The van der Waals surface area contributed by atoms with Crippen molar-refractivity contribution < 1.29 is 9.47 Å². The number of aliphatic imine (C=N–C) groups is 1. The first-order chi connectivity index (χ1) is 8.86. The first-order valence-electron chi connectivity index (χ1n) is 6.92. The van der Waals surface area contributed by atoms with Gasteiger partial charge in [-0.15, -0.1) is 24.0 Å². The molecule has 20 heavy (non-hydrogen) atoms. The average Bonchev–Trinajstić information content (AvgIpc) is 2.36. The third kappa shape index (κ3) is 4.46. The van der Waals surface area contributed by atoms with Crippen LogP contribution in [0.4, 0.5) is 0 Å². The summed E-state index contributed by atoms with van der Waals surface area (Å²) in [4.78, 5) is 6.68. The van der Waals surface area contributed by atoms with E-state index < -0.39 is 0 Å². The van der Waals surface area contributed by atoms with Gasteiger partial charge in [0.05, 0.1) is 19.8 Å². The molecule has 1 saturated heterocycles. The minimum absolute atomic E-state index is 0. The van der Waals surface area contributed by atoms with Crippen LogP contribution in [-0.2, 0) is 9.47 Å². The molecule has 0 radical (unpaired) electrons. The van der Waals surface area contributed by atoms with Crippen molar-refractivity contribution in [3.8, 4) is 0 Å². The molecule has 1 heterocycles. The lowest BCUT2D eigenvalue weighted by Gasteiger charge is -2.62. The molecule has 1 rings (SSSR count). The van der Waals surface area contributed by atoms with E-state index in [0.717, 1.165) is 19.0 Å². The number of methoxy groups -OCH3 is 1. The molecule has 120 valence electrons. The standard InChI is InChI=1S/C14H29N3O2.HI/c1-13(2)11-17(14(13,3)4)12(15-5)16-7-8-19-10-9-18-6;/h7-11H2,1-6H3,(H,15,16);1H. The maximum absolute atomic E-state index is 5.43. The largest absolute Gasteiger partial charge is 0.382 e. The summed E-state index contributed by atoms with van der Waals surface area (Å²) >= 11 is 0. The van der Waals surface area contributed by atoms with Crippen molar-refractivity contribution in [3.05, 3.63) is 0 Å². The van der Waals surface area contributed by atoms with Crippen LogP contribution in [-0.4, -0.2) is 63.5 Å². The van der Waals surface area contributed by atoms with Crippen molar-refractivity contribution in [3.63, 3.8) is 0 Å². The highest BCUT2D eigenvalue weighted by Crippen LogP contribution is 2.46. The van der Waals surface area contributed by atoms with Crippen molar-refractivity contribution in [2.45, 2.75) is 33.2 Å². The lowest BCUT2D eigenvalue weighted by Crippen LogP contribution is -2.72. The van der Waals surface area contributed by atoms with E-state index in [0.29, 0.717) is 25.2 Å². The summed E-state index contributed by atoms with van der Waals surface area (Å²) in [6.07, 6.45) is 0. The summed E-state index contributed by atoms with van der Waals surface area (Å²) in [5.41, 5.74) is 0.450. The second kappa shape index (κ2) is 8.38. The Morgan fingerprint density at radius 2 is 1.85 bits per heavy atom. The molecule has 0 amide bonds. The van der Waals surface area contributed by atoms with Gasteiger partial charge in [0.1, 0.15) is 0 Å². The van der Waals surface area contributed by atoms with E-state index in [4.69, 9.17) is 9.47 Å². The maximum atomic E-state index is 5.43. The van der Waals surface area contributed by atoms with Gasteiger partial charge in [0.25, 0.3) is 0 Å². The van der Waals surface area contributed by atoms with E-state index in [2.05, 4.69) is 42.9 Å². The number of hydrogen-bond acceptors (Lipinski definition) is 3. The lowest BCUT2D eigenvalue weighted by atomic mass is 9.65. The molecule has 0 aromatic rings. The molecule has 0 aromatic heterocycles. The smallest absolute Gasteiger partial charge is 0.194 e. The van der Waals surface area contributed by atoms with E-state index >= 15 is 0 Å². The zero-order valence-electron chi connectivity index (χ0n) is 13.7. The molecule has 0 aromatic carbocycles. The molecule has 1 aliphatic heterocycles. The predicted molar refractivity (Wildman–Crippen MR) is 94.0 cm³/mol. The second-order valence-electron chi connectivity index (χ2n) is 6.11. The lowest BCUT2D eigenvalue weighted by molar-refractivity contribution is -0.0669. The van der Waals surface area contributed by atoms with Crippen molar-refractivity contribution in [1.29, 1.82) is 0 Å². The fourth-order valence-corrected chi connectivity index (χ4v) is 2.17. The quantitative estimate of drug-likeness (QED) is 0.321. The summed E-state index contributed by atoms with van der Waals surface area (Å²) in [7, 11) is 3.51. The Kier molecular flexibility index (Phi) is 8.35. The highest BCUT2D eigenvalue weighted by atomic mass is 127. The van der Waals surface area contributed by atoms with Crippen molar-refractivity contribution >= 4 is 29.9 Å². The van der Waals surface area contributed by atoms with Crippen LogP contribution in [0.5, 0.6) is 0 Å². The zero-order chi connectivity index (χ0) is 14.5. The fourth-order valence-electron chi connectivity index (χ4n) is 2.17. The molecule has 0 spiro atoms. The number of nitrogens with zero attached hydrogens (tertiary/aromatic N) is 2. The fraction of sp³-hybridized carbons (Fsp3) is 0.929. The molecule has 5 nitrogen and oxygen atoms in total. The summed E-state index contributed by atoms with van der Waals surface area (Å²) in [6.45, 7) is 12.9. The molecular weight excluding hydrogens is 369 g/mol. The second-order valence-corrected chi connectivity index (χ2v) is 6.11. The van der Waals surface area contributed by atoms with Crippen molar-refractivity contribution in [2.75, 3.05) is 47.1 Å². The van der Waals surface area contributed by atoms with Crippen LogP contribution in [0.1, 0.15) is 27.7 Å². The number of halogens is 1. The minimum Gasteiger partial charge on any atom is -0.382 e. The van der Waals surface area contributed by atoms with Crippen LogP contribution < -0.4 is 5.32 Å². The number of ether oxygens (including phenoxy) is 2. The van der Waals surface area contributed by atoms with Crippen LogP contribution in [0.25, 0.3) is 0 Å². The maximum Gasteiger partial charge on any atom is 0.194 e. The molecule has 6 heteroatoms. The van der Waals surface area contributed by atoms with Crippen molar-refractivity contribution in [2.24, 2.45) is 10.4 Å². The number of hydrogen-bond donors (Lipinski definition) is 1. The highest BCUT2D eigenvalue weighted by molar-refractivity contribution is 14.0. The molecule has 1 N–H and O–H groups in total. The molecule has 1 fully saturated rings. The van der Waals surface area contributed by atoms with Gasteiger partial charge in [-0.1, -0.05) is 13.8 Å². The molecule has 0 aliphatic carbocycles. The van der Waals surface area contributed by atoms with Crippen LogP contribution >= 0.6 is 24.0 Å². The SMILES string of the molecule is CN=C(NCCOCCOC)N1CC(C)(C)C1(C)C.I. The third-order valence-electron chi connectivity index (χ3n) is 4.31. The Labute approximate surface area is 140 Å². The Balaban J connectivity index is 0.00000361. The van der Waals surface area contributed by atoms with Gasteiger partial charge in [0.15, 0.2) is 5.96 Å². The molecule has 1 aliphatic rings. The van der Waals surface area contributed by atoms with E-state index in [1.54, 1.807) is 7.11 Å². The Morgan fingerprint density at radius 1 is 1.20 bits per heavy atom. The Morgan fingerprint density at radius 3 is 2.30 bits per heavy atom. The van der Waals surface area contributed by atoms with Gasteiger partial charge in [0.2, 0.25) is 0 Å². The van der Waals surface area contributed by atoms with Crippen molar-refractivity contribution in [1.82, 2.24) is 10.2 Å². The van der Waals surface area contributed by atoms with Gasteiger partial charge in [-0.2, -0.15) is 0 Å². The van der Waals surface area contributed by atoms with Gasteiger partial charge < -0.3 is 19.7 Å². The zero-order valence-corrected chi connectivity index (χ0v) is 16.0. The number of guanidine groups is 1. The van der Waals surface area contributed by atoms with Crippen LogP contribution in [0.3, 0.4) is 0 Å². The van der Waals surface area contributed by atoms with Crippen LogP contribution in [0, 0.1) is 5.41 Å². The normalized spacial score (nSPS) is 20.1. The highest BCUT2D eigenvalue weighted by Gasteiger charge is 2.53. The Hall–Kier alpha value is -0.0800. The van der Waals surface area contributed by atoms with E-state index in [1.165, 1.54) is 0 Å². The summed E-state index contributed by atoms with van der Waals surface area (Å²) in [6, 6.07) is 0. The van der Waals surface area contributed by atoms with Crippen LogP contribution in [0.15, 0.2) is 4.99 Å². The topological polar surface area (TPSA) is 46.1 Å². The minimum atomic E-state index is 0. The van der Waals surface area contributed by atoms with Gasteiger partial charge in [-0.25, -0.2) is 0 Å². The molecule has 0 saturated carbocycles. The third-order valence-corrected chi connectivity index (χ3v) is 4.31. The van der Waals surface area contributed by atoms with E-state index in [1.807, 2.05) is 7.05 Å². The Bertz CT molecular complexity index is 320. The monoisotopic (exact) mass is 399 g/mol. The van der Waals surface area contributed by atoms with Gasteiger partial charge >= 0.3 is 0 Å². The number of likely N-dealkylation sites (tertiary alicyclic amines) is 1. The molecule has 0 atom stereocenters. The van der Waals surface area contributed by atoms with Gasteiger partial charge in [0, 0.05) is 38.2 Å². The molecule has 0 unspecified atom stereocenters. The average molecular weight is 399 g/mol. The first kappa shape index (κ1) is 19.9. The van der Waals surface area contributed by atoms with E-state index in [9.17, 15) is 0 Å². The number of rotatable bonds is 6. The van der Waals surface area contributed by atoms with Gasteiger partial charge in [-0.3, -0.25) is 4.99 Å². The summed E-state index contributed by atoms with van der Waals surface area (Å²) < 4.78 is 10.4. The number of nitrogens with one attached hydrogen (secondary N) is 1. The first-order valence-corrected chi connectivity index (χ1v) is 6.92. The van der Waals surface area contributed by atoms with Crippen LogP contribution in [0.2, 0.25) is 0 Å². The summed E-state index contributed by atoms with van der Waals surface area (Å²) in [5, 5.41) is 3.35. The summed E-state index contributed by atoms with van der Waals surface area (Å²) in [5.74, 6) is 0.958. The predicted octanol–water partition coefficient (Wildman–Crippen LogP) is 1.96. The molecular formula is C14H30IN3O2. The van der Waals surface area contributed by atoms with Gasteiger partial charge in [-0.05, 0) is 13.8 Å².